The number of amides is 4. The second kappa shape index (κ2) is 11.6. The van der Waals surface area contributed by atoms with Crippen LogP contribution >= 0.6 is 0 Å². The van der Waals surface area contributed by atoms with Crippen molar-refractivity contribution in [1.29, 1.82) is 0 Å². The number of pyridine rings is 1. The molecular formula is C33H39N5O4+2. The molecule has 0 fully saturated rings. The summed E-state index contributed by atoms with van der Waals surface area (Å²) in [5.74, 6) is -0.834. The summed E-state index contributed by atoms with van der Waals surface area (Å²) in [6.07, 6.45) is 1.41. The van der Waals surface area contributed by atoms with Crippen molar-refractivity contribution in [2.45, 2.75) is 25.9 Å². The Kier molecular flexibility index (Phi) is 8.08. The third-order valence-corrected chi connectivity index (χ3v) is 8.09. The second-order valence-corrected chi connectivity index (χ2v) is 12.6. The summed E-state index contributed by atoms with van der Waals surface area (Å²) in [5.41, 5.74) is 3.93. The van der Waals surface area contributed by atoms with Crippen LogP contribution in [0.5, 0.6) is 0 Å². The predicted octanol–water partition coefficient (Wildman–Crippen LogP) is 3.61. The van der Waals surface area contributed by atoms with E-state index >= 15 is 0 Å². The van der Waals surface area contributed by atoms with Crippen molar-refractivity contribution in [2.75, 3.05) is 54.4 Å². The largest absolute Gasteiger partial charge is 0.323 e. The minimum absolute atomic E-state index is 0.209. The second-order valence-electron chi connectivity index (χ2n) is 12.6. The van der Waals surface area contributed by atoms with Crippen LogP contribution in [0, 0.1) is 0 Å². The summed E-state index contributed by atoms with van der Waals surface area (Å²) in [6, 6.07) is 20.1. The van der Waals surface area contributed by atoms with E-state index in [2.05, 4.69) is 28.2 Å². The Morgan fingerprint density at radius 1 is 0.524 bits per heavy atom. The molecule has 3 aromatic rings. The van der Waals surface area contributed by atoms with E-state index in [4.69, 9.17) is 4.98 Å². The van der Waals surface area contributed by atoms with Crippen molar-refractivity contribution in [3.05, 3.63) is 100 Å². The number of imide groups is 2. The molecule has 0 N–H and O–H groups in total. The predicted molar refractivity (Wildman–Crippen MR) is 158 cm³/mol. The van der Waals surface area contributed by atoms with Gasteiger partial charge in [-0.3, -0.25) is 29.0 Å². The van der Waals surface area contributed by atoms with Crippen LogP contribution in [0.2, 0.25) is 0 Å². The number of rotatable bonds is 12. The van der Waals surface area contributed by atoms with Gasteiger partial charge in [0.1, 0.15) is 13.1 Å². The van der Waals surface area contributed by atoms with E-state index in [-0.39, 0.29) is 23.6 Å². The fourth-order valence-corrected chi connectivity index (χ4v) is 5.94. The lowest BCUT2D eigenvalue weighted by molar-refractivity contribution is -0.905. The first kappa shape index (κ1) is 29.3. The molecule has 2 aromatic carbocycles. The van der Waals surface area contributed by atoms with E-state index in [1.807, 2.05) is 18.2 Å². The summed E-state index contributed by atoms with van der Waals surface area (Å²) in [6.45, 7) is 3.82. The van der Waals surface area contributed by atoms with Crippen LogP contribution in [-0.4, -0.2) is 102 Å². The number of carbonyl (C=O) groups excluding carboxylic acids is 4. The van der Waals surface area contributed by atoms with Crippen molar-refractivity contribution in [3.8, 4) is 0 Å². The third kappa shape index (κ3) is 6.17. The van der Waals surface area contributed by atoms with Gasteiger partial charge in [0.2, 0.25) is 0 Å². The van der Waals surface area contributed by atoms with Crippen LogP contribution in [0.4, 0.5) is 0 Å². The van der Waals surface area contributed by atoms with Crippen molar-refractivity contribution < 1.29 is 28.1 Å². The Hall–Kier alpha value is -4.21. The lowest BCUT2D eigenvalue weighted by Gasteiger charge is -2.31. The molecule has 0 spiro atoms. The lowest BCUT2D eigenvalue weighted by Crippen LogP contribution is -2.43. The van der Waals surface area contributed by atoms with Crippen LogP contribution < -0.4 is 0 Å². The van der Waals surface area contributed by atoms with Crippen LogP contribution in [-0.2, 0) is 13.1 Å². The van der Waals surface area contributed by atoms with Crippen LogP contribution in [0.3, 0.4) is 0 Å². The zero-order valence-corrected chi connectivity index (χ0v) is 24.9. The Labute approximate surface area is 247 Å². The minimum atomic E-state index is -0.209. The molecule has 9 nitrogen and oxygen atoms in total. The first-order valence-corrected chi connectivity index (χ1v) is 14.5. The van der Waals surface area contributed by atoms with Gasteiger partial charge in [0, 0.05) is 25.9 Å². The van der Waals surface area contributed by atoms with E-state index in [9.17, 15) is 19.2 Å². The van der Waals surface area contributed by atoms with Gasteiger partial charge in [0.15, 0.2) is 0 Å². The molecule has 0 saturated carbocycles. The van der Waals surface area contributed by atoms with Crippen LogP contribution in [0.15, 0.2) is 66.7 Å². The van der Waals surface area contributed by atoms with Crippen molar-refractivity contribution in [1.82, 2.24) is 14.8 Å². The molecule has 3 heterocycles. The lowest BCUT2D eigenvalue weighted by atomic mass is 10.1. The van der Waals surface area contributed by atoms with Gasteiger partial charge < -0.3 is 8.97 Å². The Bertz CT molecular complexity index is 1370. The van der Waals surface area contributed by atoms with Crippen LogP contribution in [0.25, 0.3) is 0 Å². The molecule has 2 aliphatic rings. The maximum Gasteiger partial charge on any atom is 0.261 e. The fourth-order valence-electron chi connectivity index (χ4n) is 5.94. The number of quaternary nitrogens is 2. The standard InChI is InChI=1S/C33H39N5O4/c1-37(2,20-10-18-35-30(39)26-14-5-6-15-27(26)31(35)40)22-24-12-9-13-25(34-24)23-38(3,4)21-11-19-36-32(41)28-16-7-8-17-29(28)33(36)42/h5-9,12-17H,10-11,18-23H2,1-4H3/q+2. The molecule has 0 saturated heterocycles. The van der Waals surface area contributed by atoms with Gasteiger partial charge in [-0.1, -0.05) is 30.3 Å². The average Bonchev–Trinajstić information content (AvgIpc) is 3.33. The zero-order chi connectivity index (χ0) is 30.1. The Balaban J connectivity index is 1.10. The van der Waals surface area contributed by atoms with Crippen molar-refractivity contribution >= 4 is 23.6 Å². The zero-order valence-electron chi connectivity index (χ0n) is 24.9. The van der Waals surface area contributed by atoms with Crippen molar-refractivity contribution in [3.63, 3.8) is 0 Å². The molecule has 42 heavy (non-hydrogen) atoms. The Morgan fingerprint density at radius 2 is 0.857 bits per heavy atom. The highest BCUT2D eigenvalue weighted by Gasteiger charge is 2.36. The molecular weight excluding hydrogens is 530 g/mol. The van der Waals surface area contributed by atoms with Gasteiger partial charge in [-0.2, -0.15) is 0 Å². The van der Waals surface area contributed by atoms with Crippen LogP contribution in [0.1, 0.15) is 65.7 Å². The maximum atomic E-state index is 12.7. The number of hydrogen-bond acceptors (Lipinski definition) is 5. The molecule has 5 rings (SSSR count). The highest BCUT2D eigenvalue weighted by Crippen LogP contribution is 2.24. The van der Waals surface area contributed by atoms with Gasteiger partial charge >= 0.3 is 0 Å². The van der Waals surface area contributed by atoms with E-state index in [0.29, 0.717) is 57.2 Å². The number of benzene rings is 2. The van der Waals surface area contributed by atoms with E-state index < -0.39 is 0 Å². The molecule has 1 aromatic heterocycles. The molecule has 0 aliphatic carbocycles. The Morgan fingerprint density at radius 3 is 1.19 bits per heavy atom. The minimum Gasteiger partial charge on any atom is -0.323 e. The summed E-state index contributed by atoms with van der Waals surface area (Å²) in [5, 5.41) is 0. The quantitative estimate of drug-likeness (QED) is 0.246. The molecule has 0 atom stereocenters. The van der Waals surface area contributed by atoms with Crippen molar-refractivity contribution in [2.24, 2.45) is 0 Å². The number of fused-ring (bicyclic) bond motifs is 2. The molecule has 0 bridgehead atoms. The summed E-state index contributed by atoms with van der Waals surface area (Å²) in [7, 11) is 8.54. The first-order chi connectivity index (χ1) is 20.0. The highest BCUT2D eigenvalue weighted by molar-refractivity contribution is 6.22. The number of hydrogen-bond donors (Lipinski definition) is 0. The molecule has 218 valence electrons. The van der Waals surface area contributed by atoms with Gasteiger partial charge in [0.05, 0.1) is 74.9 Å². The summed E-state index contributed by atoms with van der Waals surface area (Å²) >= 11 is 0. The molecule has 0 radical (unpaired) electrons. The number of aromatic nitrogens is 1. The monoisotopic (exact) mass is 569 g/mol. The van der Waals surface area contributed by atoms with E-state index in [1.54, 1.807) is 48.5 Å². The SMILES string of the molecule is C[N+](C)(CCCN1C(=O)c2ccccc2C1=O)Cc1cccc(C[N+](C)(C)CCCN2C(=O)c3ccccc3C2=O)n1. The van der Waals surface area contributed by atoms with Gasteiger partial charge in [-0.05, 0) is 36.4 Å². The average molecular weight is 570 g/mol. The number of nitrogens with zero attached hydrogens (tertiary/aromatic N) is 5. The topological polar surface area (TPSA) is 87.7 Å². The maximum absolute atomic E-state index is 12.7. The molecule has 0 unspecified atom stereocenters. The summed E-state index contributed by atoms with van der Waals surface area (Å²) in [4.78, 5) is 58.3. The molecule has 9 heteroatoms. The normalized spacial score (nSPS) is 15.0. The van der Waals surface area contributed by atoms with Gasteiger partial charge in [-0.25, -0.2) is 4.98 Å². The molecule has 4 amide bonds. The number of carbonyl (C=O) groups is 4. The van der Waals surface area contributed by atoms with Gasteiger partial charge in [-0.15, -0.1) is 0 Å². The third-order valence-electron chi connectivity index (χ3n) is 8.09. The van der Waals surface area contributed by atoms with E-state index in [1.165, 1.54) is 9.80 Å². The molecule has 2 aliphatic heterocycles. The first-order valence-electron chi connectivity index (χ1n) is 14.5. The van der Waals surface area contributed by atoms with Gasteiger partial charge in [0.25, 0.3) is 23.6 Å². The smallest absolute Gasteiger partial charge is 0.261 e. The fraction of sp³-hybridized carbons (Fsp3) is 0.364. The highest BCUT2D eigenvalue weighted by atomic mass is 16.2. The van der Waals surface area contributed by atoms with E-state index in [0.717, 1.165) is 37.6 Å². The summed E-state index contributed by atoms with van der Waals surface area (Å²) < 4.78 is 1.36.